The van der Waals surface area contributed by atoms with Crippen molar-refractivity contribution in [2.75, 3.05) is 13.2 Å². The molecule has 110 valence electrons. The van der Waals surface area contributed by atoms with Gasteiger partial charge in [-0.2, -0.15) is 0 Å². The van der Waals surface area contributed by atoms with E-state index in [1.54, 1.807) is 12.1 Å². The minimum Gasteiger partial charge on any atom is -0.374 e. The number of hydrogen-bond acceptors (Lipinski definition) is 4. The molecule has 0 saturated carbocycles. The lowest BCUT2D eigenvalue weighted by molar-refractivity contribution is 0.0250. The van der Waals surface area contributed by atoms with Crippen molar-refractivity contribution in [3.8, 4) is 0 Å². The summed E-state index contributed by atoms with van der Waals surface area (Å²) in [6.07, 6.45) is 1.78. The Morgan fingerprint density at radius 1 is 1.45 bits per heavy atom. The van der Waals surface area contributed by atoms with Gasteiger partial charge in [0.1, 0.15) is 0 Å². The highest BCUT2D eigenvalue weighted by Crippen LogP contribution is 2.24. The molecule has 0 aliphatic carbocycles. The molecule has 6 heteroatoms. The number of nitrogens with one attached hydrogen (secondary N) is 1. The summed E-state index contributed by atoms with van der Waals surface area (Å²) < 4.78 is 32.6. The topological polar surface area (TPSA) is 72.5 Å². The van der Waals surface area contributed by atoms with Crippen molar-refractivity contribution in [2.24, 2.45) is 0 Å². The van der Waals surface area contributed by atoms with E-state index >= 15 is 0 Å². The normalized spacial score (nSPS) is 22.9. The maximum absolute atomic E-state index is 12.2. The van der Waals surface area contributed by atoms with Gasteiger partial charge in [-0.05, 0) is 38.8 Å². The van der Waals surface area contributed by atoms with Gasteiger partial charge < -0.3 is 4.74 Å². The lowest BCUT2D eigenvalue weighted by Crippen LogP contribution is -2.40. The monoisotopic (exact) mass is 297 g/mol. The van der Waals surface area contributed by atoms with E-state index in [1.165, 1.54) is 19.1 Å². The van der Waals surface area contributed by atoms with Gasteiger partial charge in [-0.25, -0.2) is 13.1 Å². The molecule has 0 amide bonds. The average Bonchev–Trinajstić information content (AvgIpc) is 2.84. The number of sulfonamides is 1. The van der Waals surface area contributed by atoms with E-state index in [1.807, 2.05) is 6.92 Å². The van der Waals surface area contributed by atoms with Gasteiger partial charge in [0.05, 0.1) is 10.5 Å². The molecule has 1 atom stereocenters. The molecule has 1 aliphatic heterocycles. The van der Waals surface area contributed by atoms with Crippen molar-refractivity contribution in [3.63, 3.8) is 0 Å². The molecule has 2 rings (SSSR count). The number of carbonyl (C=O) groups excluding carboxylic acids is 1. The fourth-order valence-corrected chi connectivity index (χ4v) is 3.39. The molecule has 0 bridgehead atoms. The summed E-state index contributed by atoms with van der Waals surface area (Å²) in [5.74, 6) is -0.159. The van der Waals surface area contributed by atoms with Crippen LogP contribution in [-0.4, -0.2) is 33.0 Å². The molecule has 20 heavy (non-hydrogen) atoms. The maximum atomic E-state index is 12.2. The zero-order valence-corrected chi connectivity index (χ0v) is 12.5. The van der Waals surface area contributed by atoms with Crippen LogP contribution in [0, 0.1) is 0 Å². The minimum absolute atomic E-state index is 0.104. The van der Waals surface area contributed by atoms with Crippen molar-refractivity contribution in [3.05, 3.63) is 29.8 Å². The third-order valence-electron chi connectivity index (χ3n) is 3.49. The van der Waals surface area contributed by atoms with Crippen molar-refractivity contribution in [1.29, 1.82) is 0 Å². The molecule has 0 aromatic heterocycles. The quantitative estimate of drug-likeness (QED) is 0.840. The van der Waals surface area contributed by atoms with Crippen LogP contribution in [0.15, 0.2) is 29.2 Å². The Hall–Kier alpha value is -1.24. The number of Topliss-reactive ketones (excluding diaryl/α,β-unsaturated/α-hetero) is 1. The maximum Gasteiger partial charge on any atom is 0.240 e. The molecule has 0 spiro atoms. The Labute approximate surface area is 119 Å². The predicted octanol–water partition coefficient (Wildman–Crippen LogP) is 1.74. The van der Waals surface area contributed by atoms with E-state index in [-0.39, 0.29) is 17.2 Å². The zero-order chi connectivity index (χ0) is 14.8. The van der Waals surface area contributed by atoms with Crippen LogP contribution in [0.3, 0.4) is 0 Å². The molecular formula is C14H19NO4S. The summed E-state index contributed by atoms with van der Waals surface area (Å²) in [4.78, 5) is 11.4. The molecule has 1 N–H and O–H groups in total. The third kappa shape index (κ3) is 3.45. The molecule has 5 nitrogen and oxygen atoms in total. The SMILES string of the molecule is CC(=O)c1cccc(S(=O)(=O)NCC2(C)CCCO2)c1. The van der Waals surface area contributed by atoms with Gasteiger partial charge in [0.2, 0.25) is 10.0 Å². The van der Waals surface area contributed by atoms with Crippen LogP contribution in [0.1, 0.15) is 37.0 Å². The van der Waals surface area contributed by atoms with E-state index in [4.69, 9.17) is 4.74 Å². The van der Waals surface area contributed by atoms with Crippen molar-refractivity contribution in [2.45, 2.75) is 37.2 Å². The van der Waals surface area contributed by atoms with Crippen LogP contribution in [0.25, 0.3) is 0 Å². The number of benzene rings is 1. The Bertz CT molecular complexity index is 603. The summed E-state index contributed by atoms with van der Waals surface area (Å²) in [7, 11) is -3.62. The van der Waals surface area contributed by atoms with E-state index in [0.717, 1.165) is 12.8 Å². The Balaban J connectivity index is 2.14. The van der Waals surface area contributed by atoms with Gasteiger partial charge in [-0.3, -0.25) is 4.79 Å². The summed E-state index contributed by atoms with van der Waals surface area (Å²) in [5.41, 5.74) is -0.0539. The van der Waals surface area contributed by atoms with Crippen molar-refractivity contribution >= 4 is 15.8 Å². The summed E-state index contributed by atoms with van der Waals surface area (Å²) in [5, 5.41) is 0. The van der Waals surface area contributed by atoms with E-state index < -0.39 is 15.6 Å². The highest BCUT2D eigenvalue weighted by molar-refractivity contribution is 7.89. The fourth-order valence-electron chi connectivity index (χ4n) is 2.19. The lowest BCUT2D eigenvalue weighted by atomic mass is 10.0. The van der Waals surface area contributed by atoms with Gasteiger partial charge in [-0.15, -0.1) is 0 Å². The van der Waals surface area contributed by atoms with E-state index in [2.05, 4.69) is 4.72 Å². The van der Waals surface area contributed by atoms with Crippen LogP contribution in [0.4, 0.5) is 0 Å². The molecule has 1 saturated heterocycles. The average molecular weight is 297 g/mol. The van der Waals surface area contributed by atoms with Crippen molar-refractivity contribution < 1.29 is 17.9 Å². The van der Waals surface area contributed by atoms with E-state index in [9.17, 15) is 13.2 Å². The first kappa shape index (κ1) is 15.2. The molecular weight excluding hydrogens is 278 g/mol. The number of ether oxygens (including phenoxy) is 1. The third-order valence-corrected chi connectivity index (χ3v) is 4.89. The molecule has 1 unspecified atom stereocenters. The smallest absolute Gasteiger partial charge is 0.240 e. The van der Waals surface area contributed by atoms with Gasteiger partial charge >= 0.3 is 0 Å². The second-order valence-corrected chi connectivity index (χ2v) is 7.08. The largest absolute Gasteiger partial charge is 0.374 e. The summed E-state index contributed by atoms with van der Waals surface area (Å²) in [6.45, 7) is 4.21. The van der Waals surface area contributed by atoms with Crippen LogP contribution in [0.5, 0.6) is 0 Å². The first-order valence-electron chi connectivity index (χ1n) is 6.57. The molecule has 1 fully saturated rings. The molecule has 1 aromatic carbocycles. The Morgan fingerprint density at radius 3 is 2.80 bits per heavy atom. The number of carbonyl (C=O) groups is 1. The molecule has 1 aliphatic rings. The molecule has 1 aromatic rings. The van der Waals surface area contributed by atoms with Gasteiger partial charge in [-0.1, -0.05) is 12.1 Å². The van der Waals surface area contributed by atoms with Crippen LogP contribution in [-0.2, 0) is 14.8 Å². The van der Waals surface area contributed by atoms with Crippen LogP contribution >= 0.6 is 0 Å². The number of ketones is 1. The van der Waals surface area contributed by atoms with Gasteiger partial charge in [0.15, 0.2) is 5.78 Å². The summed E-state index contributed by atoms with van der Waals surface area (Å²) in [6, 6.07) is 6.04. The van der Waals surface area contributed by atoms with E-state index in [0.29, 0.717) is 12.2 Å². The summed E-state index contributed by atoms with van der Waals surface area (Å²) >= 11 is 0. The second kappa shape index (κ2) is 5.63. The highest BCUT2D eigenvalue weighted by Gasteiger charge is 2.31. The molecule has 0 radical (unpaired) electrons. The molecule has 1 heterocycles. The second-order valence-electron chi connectivity index (χ2n) is 5.31. The standard InChI is InChI=1S/C14H19NO4S/c1-11(16)12-5-3-6-13(9-12)20(17,18)15-10-14(2)7-4-8-19-14/h3,5-6,9,15H,4,7-8,10H2,1-2H3. The highest BCUT2D eigenvalue weighted by atomic mass is 32.2. The first-order valence-corrected chi connectivity index (χ1v) is 8.05. The van der Waals surface area contributed by atoms with Crippen molar-refractivity contribution in [1.82, 2.24) is 4.72 Å². The lowest BCUT2D eigenvalue weighted by Gasteiger charge is -2.23. The van der Waals surface area contributed by atoms with Crippen LogP contribution < -0.4 is 4.72 Å². The van der Waals surface area contributed by atoms with Crippen LogP contribution in [0.2, 0.25) is 0 Å². The Morgan fingerprint density at radius 2 is 2.20 bits per heavy atom. The Kier molecular flexibility index (Phi) is 4.27. The van der Waals surface area contributed by atoms with Gasteiger partial charge in [0.25, 0.3) is 0 Å². The number of rotatable bonds is 5. The fraction of sp³-hybridized carbons (Fsp3) is 0.500. The minimum atomic E-state index is -3.62. The first-order chi connectivity index (χ1) is 9.32. The predicted molar refractivity (Wildman–Crippen MR) is 75.2 cm³/mol. The zero-order valence-electron chi connectivity index (χ0n) is 11.7. The van der Waals surface area contributed by atoms with Gasteiger partial charge in [0, 0.05) is 18.7 Å². The number of hydrogen-bond donors (Lipinski definition) is 1.